The fraction of sp³-hybridized carbons (Fsp3) is 0.200. The average Bonchev–Trinajstić information content (AvgIpc) is 2.95. The van der Waals surface area contributed by atoms with Gasteiger partial charge in [0.15, 0.2) is 6.10 Å². The third-order valence-electron chi connectivity index (χ3n) is 2.76. The highest BCUT2D eigenvalue weighted by atomic mass is 19.1. The number of rotatable bonds is 5. The van der Waals surface area contributed by atoms with Crippen molar-refractivity contribution in [2.75, 3.05) is 7.11 Å². The lowest BCUT2D eigenvalue weighted by Crippen LogP contribution is -2.03. The summed E-state index contributed by atoms with van der Waals surface area (Å²) in [5.74, 6) is -0.539. The zero-order valence-electron chi connectivity index (χ0n) is 11.5. The van der Waals surface area contributed by atoms with E-state index >= 15 is 0 Å². The van der Waals surface area contributed by atoms with E-state index < -0.39 is 17.9 Å². The van der Waals surface area contributed by atoms with Gasteiger partial charge in [-0.05, 0) is 31.2 Å². The summed E-state index contributed by atoms with van der Waals surface area (Å²) in [7, 11) is 1.25. The molecule has 0 saturated heterocycles. The highest BCUT2D eigenvalue weighted by Crippen LogP contribution is 2.25. The summed E-state index contributed by atoms with van der Waals surface area (Å²) in [6.07, 6.45) is -0.0345. The Morgan fingerprint density at radius 1 is 1.33 bits per heavy atom. The molecule has 6 heteroatoms. The Hall–Kier alpha value is -2.63. The summed E-state index contributed by atoms with van der Waals surface area (Å²) in [4.78, 5) is 22.0. The molecular formula is C15H13FO5. The van der Waals surface area contributed by atoms with Crippen LogP contribution in [-0.2, 0) is 4.74 Å². The van der Waals surface area contributed by atoms with Gasteiger partial charge in [-0.3, -0.25) is 4.79 Å². The zero-order chi connectivity index (χ0) is 15.4. The van der Waals surface area contributed by atoms with Crippen molar-refractivity contribution in [1.29, 1.82) is 0 Å². The minimum atomic E-state index is -0.595. The lowest BCUT2D eigenvalue weighted by molar-refractivity contribution is 0.0558. The molecule has 5 nitrogen and oxygen atoms in total. The Morgan fingerprint density at radius 3 is 2.76 bits per heavy atom. The summed E-state index contributed by atoms with van der Waals surface area (Å²) in [5.41, 5.74) is 0.173. The SMILES string of the molecule is COC(=O)c1ccc(C(C)Oc2cc(F)cc(C=O)c2)o1. The van der Waals surface area contributed by atoms with Crippen LogP contribution in [0.5, 0.6) is 5.75 Å². The summed E-state index contributed by atoms with van der Waals surface area (Å²) < 4.78 is 28.6. The number of furan rings is 1. The molecule has 110 valence electrons. The maximum Gasteiger partial charge on any atom is 0.373 e. The zero-order valence-corrected chi connectivity index (χ0v) is 11.5. The molecule has 1 aromatic heterocycles. The summed E-state index contributed by atoms with van der Waals surface area (Å²) >= 11 is 0. The van der Waals surface area contributed by atoms with Crippen LogP contribution in [0.1, 0.15) is 39.7 Å². The maximum atomic E-state index is 13.3. The lowest BCUT2D eigenvalue weighted by Gasteiger charge is -2.12. The van der Waals surface area contributed by atoms with Gasteiger partial charge in [0.05, 0.1) is 7.11 Å². The molecular weight excluding hydrogens is 279 g/mol. The molecule has 1 unspecified atom stereocenters. The Bertz CT molecular complexity index is 662. The maximum absolute atomic E-state index is 13.3. The van der Waals surface area contributed by atoms with Crippen molar-refractivity contribution in [2.45, 2.75) is 13.0 Å². The van der Waals surface area contributed by atoms with E-state index in [1.54, 1.807) is 13.0 Å². The minimum Gasteiger partial charge on any atom is -0.483 e. The number of hydrogen-bond acceptors (Lipinski definition) is 5. The van der Waals surface area contributed by atoms with Crippen LogP contribution in [-0.4, -0.2) is 19.4 Å². The van der Waals surface area contributed by atoms with E-state index in [1.807, 2.05) is 0 Å². The van der Waals surface area contributed by atoms with Crippen LogP contribution in [0.25, 0.3) is 0 Å². The molecule has 0 aliphatic heterocycles. The van der Waals surface area contributed by atoms with Gasteiger partial charge in [0.2, 0.25) is 5.76 Å². The third-order valence-corrected chi connectivity index (χ3v) is 2.76. The van der Waals surface area contributed by atoms with Gasteiger partial charge < -0.3 is 13.9 Å². The normalized spacial score (nSPS) is 11.8. The van der Waals surface area contributed by atoms with Crippen molar-refractivity contribution >= 4 is 12.3 Å². The number of benzene rings is 1. The summed E-state index contributed by atoms with van der Waals surface area (Å²) in [6, 6.07) is 6.71. The monoisotopic (exact) mass is 292 g/mol. The Labute approximate surface area is 120 Å². The molecule has 0 radical (unpaired) electrons. The smallest absolute Gasteiger partial charge is 0.373 e. The topological polar surface area (TPSA) is 65.7 Å². The second-order valence-corrected chi connectivity index (χ2v) is 4.29. The first-order chi connectivity index (χ1) is 10.0. The van der Waals surface area contributed by atoms with Crippen LogP contribution >= 0.6 is 0 Å². The highest BCUT2D eigenvalue weighted by Gasteiger charge is 2.17. The molecule has 1 heterocycles. The van der Waals surface area contributed by atoms with Gasteiger partial charge >= 0.3 is 5.97 Å². The number of ether oxygens (including phenoxy) is 2. The predicted molar refractivity (Wildman–Crippen MR) is 70.9 cm³/mol. The van der Waals surface area contributed by atoms with E-state index in [-0.39, 0.29) is 17.1 Å². The minimum absolute atomic E-state index is 0.0516. The molecule has 0 N–H and O–H groups in total. The largest absolute Gasteiger partial charge is 0.483 e. The molecule has 2 aromatic rings. The molecule has 0 bridgehead atoms. The van der Waals surface area contributed by atoms with Gasteiger partial charge in [0.1, 0.15) is 23.6 Å². The van der Waals surface area contributed by atoms with E-state index in [1.165, 1.54) is 19.2 Å². The number of halogens is 1. The van der Waals surface area contributed by atoms with Crippen molar-refractivity contribution < 1.29 is 27.9 Å². The molecule has 21 heavy (non-hydrogen) atoms. The molecule has 0 aliphatic carbocycles. The van der Waals surface area contributed by atoms with E-state index in [0.717, 1.165) is 12.1 Å². The second-order valence-electron chi connectivity index (χ2n) is 4.29. The van der Waals surface area contributed by atoms with Gasteiger partial charge in [0.25, 0.3) is 0 Å². The van der Waals surface area contributed by atoms with Gasteiger partial charge in [0, 0.05) is 11.6 Å². The third kappa shape index (κ3) is 3.47. The van der Waals surface area contributed by atoms with Crippen molar-refractivity contribution in [3.8, 4) is 5.75 Å². The molecule has 1 atom stereocenters. The average molecular weight is 292 g/mol. The number of esters is 1. The molecule has 0 fully saturated rings. The van der Waals surface area contributed by atoms with Crippen LogP contribution in [0, 0.1) is 5.82 Å². The number of methoxy groups -OCH3 is 1. The first kappa shape index (κ1) is 14.8. The summed E-state index contributed by atoms with van der Waals surface area (Å²) in [5, 5.41) is 0. The Kier molecular flexibility index (Phi) is 4.37. The van der Waals surface area contributed by atoms with Crippen LogP contribution in [0.15, 0.2) is 34.7 Å². The quantitative estimate of drug-likeness (QED) is 0.625. The van der Waals surface area contributed by atoms with Crippen LogP contribution in [0.3, 0.4) is 0 Å². The fourth-order valence-electron chi connectivity index (χ4n) is 1.76. The van der Waals surface area contributed by atoms with Gasteiger partial charge in [-0.2, -0.15) is 0 Å². The van der Waals surface area contributed by atoms with E-state index in [4.69, 9.17) is 9.15 Å². The second kappa shape index (κ2) is 6.21. The first-order valence-corrected chi connectivity index (χ1v) is 6.14. The predicted octanol–water partition coefficient (Wildman–Crippen LogP) is 3.16. The van der Waals surface area contributed by atoms with Gasteiger partial charge in [-0.15, -0.1) is 0 Å². The number of hydrogen-bond donors (Lipinski definition) is 0. The summed E-state index contributed by atoms with van der Waals surface area (Å²) in [6.45, 7) is 1.67. The van der Waals surface area contributed by atoms with Crippen LogP contribution in [0.2, 0.25) is 0 Å². The van der Waals surface area contributed by atoms with Crippen molar-refractivity contribution in [3.05, 3.63) is 53.2 Å². The molecule has 0 aliphatic rings. The first-order valence-electron chi connectivity index (χ1n) is 6.14. The fourth-order valence-corrected chi connectivity index (χ4v) is 1.76. The van der Waals surface area contributed by atoms with Crippen molar-refractivity contribution in [1.82, 2.24) is 0 Å². The highest BCUT2D eigenvalue weighted by molar-refractivity contribution is 5.86. The molecule has 0 spiro atoms. The standard InChI is InChI=1S/C15H13FO5/c1-9(13-3-4-14(21-13)15(18)19-2)20-12-6-10(8-17)5-11(16)7-12/h3-9H,1-2H3. The molecule has 0 saturated carbocycles. The molecule has 2 rings (SSSR count). The van der Waals surface area contributed by atoms with E-state index in [9.17, 15) is 14.0 Å². The van der Waals surface area contributed by atoms with Gasteiger partial charge in [-0.25, -0.2) is 9.18 Å². The van der Waals surface area contributed by atoms with E-state index in [0.29, 0.717) is 12.0 Å². The molecule has 1 aromatic carbocycles. The van der Waals surface area contributed by atoms with Crippen molar-refractivity contribution in [2.24, 2.45) is 0 Å². The number of carbonyl (C=O) groups is 2. The van der Waals surface area contributed by atoms with Crippen LogP contribution < -0.4 is 4.74 Å². The Balaban J connectivity index is 2.16. The number of carbonyl (C=O) groups excluding carboxylic acids is 2. The Morgan fingerprint density at radius 2 is 2.10 bits per heavy atom. The van der Waals surface area contributed by atoms with Gasteiger partial charge in [-0.1, -0.05) is 0 Å². The molecule has 0 amide bonds. The lowest BCUT2D eigenvalue weighted by atomic mass is 10.2. The number of aldehydes is 1. The van der Waals surface area contributed by atoms with E-state index in [2.05, 4.69) is 4.74 Å². The van der Waals surface area contributed by atoms with Crippen molar-refractivity contribution in [3.63, 3.8) is 0 Å². The van der Waals surface area contributed by atoms with Crippen LogP contribution in [0.4, 0.5) is 4.39 Å².